The van der Waals surface area contributed by atoms with Gasteiger partial charge >= 0.3 is 35.8 Å². The van der Waals surface area contributed by atoms with Crippen LogP contribution in [0.4, 0.5) is 5.69 Å². The molecule has 13 atom stereocenters. The molecule has 1 aromatic heterocycles. The summed E-state index contributed by atoms with van der Waals surface area (Å²) in [5.74, 6) is -31.1. The highest BCUT2D eigenvalue weighted by Gasteiger charge is 2.41. The number of cyclic esters (lactones) is 1. The van der Waals surface area contributed by atoms with Gasteiger partial charge in [0.2, 0.25) is 82.7 Å². The summed E-state index contributed by atoms with van der Waals surface area (Å²) in [5, 5.41) is 87.4. The number of esters is 1. The van der Waals surface area contributed by atoms with Crippen LogP contribution in [0.2, 0.25) is 0 Å². The highest BCUT2D eigenvalue weighted by molar-refractivity contribution is 6.06. The molecule has 2 heterocycles. The quantitative estimate of drug-likeness (QED) is 0.00736. The number of nitrogens with one attached hydrogen (secondary N) is 14. The Hall–Kier alpha value is -15.3. The Bertz CT molecular complexity index is 5230. The molecule has 137 heavy (non-hydrogen) atoms. The van der Waals surface area contributed by atoms with E-state index < -0.39 is 267 Å². The van der Waals surface area contributed by atoms with Gasteiger partial charge in [0.15, 0.2) is 5.78 Å². The lowest BCUT2D eigenvalue weighted by Crippen LogP contribution is -2.62. The van der Waals surface area contributed by atoms with E-state index >= 15 is 0 Å². The monoisotopic (exact) mass is 1910 g/mol. The molecule has 0 aliphatic carbocycles. The number of nitrogens with two attached hydrogens (primary N) is 3. The molecule has 0 saturated carbocycles. The Kier molecular flexibility index (Phi) is 46.4. The number of aromatic nitrogens is 1. The molecule has 45 heteroatoms. The van der Waals surface area contributed by atoms with Gasteiger partial charge in [0.1, 0.15) is 72.6 Å². The predicted octanol–water partition coefficient (Wildman–Crippen LogP) is -1.02. The molecule has 1 aliphatic heterocycles. The molecule has 0 radical (unpaired) electrons. The topological polar surface area (TPSA) is 739 Å². The predicted molar refractivity (Wildman–Crippen MR) is 492 cm³/mol. The molecular weight excluding hydrogens is 1790 g/mol. The van der Waals surface area contributed by atoms with Crippen molar-refractivity contribution in [3.8, 4) is 0 Å². The summed E-state index contributed by atoms with van der Waals surface area (Å²) in [4.78, 5) is 288. The lowest BCUT2D eigenvalue weighted by atomic mass is 9.96. The van der Waals surface area contributed by atoms with Crippen LogP contribution in [0.1, 0.15) is 177 Å². The summed E-state index contributed by atoms with van der Waals surface area (Å²) >= 11 is 0. The average molecular weight is 1910 g/mol. The number of carbonyl (C=O) groups excluding carboxylic acids is 16. The third kappa shape index (κ3) is 38.7. The van der Waals surface area contributed by atoms with Crippen molar-refractivity contribution in [2.24, 2.45) is 17.4 Å². The number of allylic oxidation sites excluding steroid dienone is 2. The first-order chi connectivity index (χ1) is 64.8. The number of carbonyl (C=O) groups is 21. The number of ketones is 1. The number of anilines is 1. The minimum absolute atomic E-state index is 0.0998. The van der Waals surface area contributed by atoms with Gasteiger partial charge in [-0.3, -0.25) is 91.1 Å². The number of rotatable bonds is 39. The summed E-state index contributed by atoms with van der Waals surface area (Å²) in [6, 6.07) is 4.80. The van der Waals surface area contributed by atoms with Crippen molar-refractivity contribution in [2.45, 2.75) is 230 Å². The third-order valence-electron chi connectivity index (χ3n) is 21.5. The molecule has 1 fully saturated rings. The number of primary amides is 1. The zero-order chi connectivity index (χ0) is 102. The normalized spacial score (nSPS) is 19.8. The lowest BCUT2D eigenvalue weighted by Gasteiger charge is -2.30. The number of Topliss-reactive ketones (excluding diaryl/α,β-unsaturated/α-hetero) is 1. The molecule has 26 N–H and O–H groups in total. The number of unbranched alkanes of at least 4 members (excludes halogenated alkanes) is 4. The number of aliphatic hydroxyl groups is 1. The first-order valence-corrected chi connectivity index (χ1v) is 44.1. The van der Waals surface area contributed by atoms with Crippen LogP contribution >= 0.6 is 0 Å². The van der Waals surface area contributed by atoms with Crippen molar-refractivity contribution in [2.75, 3.05) is 32.0 Å². The third-order valence-corrected chi connectivity index (χ3v) is 21.5. The van der Waals surface area contributed by atoms with Crippen molar-refractivity contribution in [3.63, 3.8) is 0 Å². The molecule has 0 spiro atoms. The molecule has 1 unspecified atom stereocenters. The number of H-pyrrole nitrogens is 1. The number of aryl methyl sites for hydroxylation is 2. The maximum atomic E-state index is 14.9. The Labute approximate surface area is 787 Å². The molecular formula is C92H121N17O28. The van der Waals surface area contributed by atoms with Gasteiger partial charge in [0.05, 0.1) is 51.8 Å². The number of aliphatic carboxylic acids is 5. The SMILES string of the molecule is CCCCCc1ccc(/C(C)=C/C(=O)N[C@@H](Cc2c[nH]c3ccccc23)C(=O)N[C@H](CC(N)=O)C(=O)N[C@@H](CC(=O)O)C(=O)N[C@@H]2C(=O)NCC(=O)N[C@@H](CCCN)C(=O)N[C@@H](CC(=O)O)C(=O)N[C@H](C)C(=O)N[C@@H](CC(=O)O)C(=O)NCC(=O)N[C@H](CO)C(=O)NC([C@H](C)CC(=O)O)C(=O)N[C@@H](CC(=O)c3ccccc3N)C(=O)O[C@@H]2C)cc1.CCCCCc1ccc(/C(C)=C/C(=O)O)cc1. The number of aromatic amines is 1. The lowest BCUT2D eigenvalue weighted by molar-refractivity contribution is -0.156. The second-order valence-electron chi connectivity index (χ2n) is 32.6. The second kappa shape index (κ2) is 56.7. The number of carboxylic acids is 5. The smallest absolute Gasteiger partial charge is 0.329 e. The number of hydrogen-bond acceptors (Lipinski definition) is 25. The van der Waals surface area contributed by atoms with Gasteiger partial charge in [0, 0.05) is 53.3 Å². The van der Waals surface area contributed by atoms with Gasteiger partial charge in [-0.25, -0.2) is 9.59 Å². The van der Waals surface area contributed by atoms with Crippen molar-refractivity contribution < 1.29 is 136 Å². The van der Waals surface area contributed by atoms with E-state index in [1.807, 2.05) is 59.3 Å². The molecule has 1 saturated heterocycles. The van der Waals surface area contributed by atoms with Crippen molar-refractivity contribution in [1.29, 1.82) is 0 Å². The number of para-hydroxylation sites is 2. The second-order valence-corrected chi connectivity index (χ2v) is 32.6. The standard InChI is InChI=1S/C77H101N17O26.C15H20O2/c1-6-7-8-14-41-20-22-42(23-21-41)37(2)25-58(98)86-49(27-43-33-81-47-18-12-10-15-44(43)47)71(113)89-50(29-57(80)97)72(114)91-53(32-64(107)108)73(115)94-66-40(5)120-77(119)54(28-56(96)45-16-9-11-17-46(45)79)92-76(118)65(38(3)26-61(101)102)93-74(116)55(36-95)87-60(100)34-82-68(110)51(30-62(103)104)88-67(109)39(4)84-70(112)52(31-63(105)106)90-69(111)48(19-13-24-78)85-59(99)35-83-75(66)117;1-3-4-5-6-13-7-9-14(10-8-13)12(2)11-15(16)17/h9-12,15-18,20-23,25,33,38-40,48-55,65-66,81,95H,6-8,13-14,19,24,26-32,34-36,78-79H2,1-5H3,(H2,80,97)(H,82,110)(H,83,117)(H,84,112)(H,85,99)(H,86,98)(H,87,100)(H,88,109)(H,89,113)(H,90,111)(H,91,114)(H,92,118)(H,93,116)(H,94,115)(H,101,102)(H,103,104)(H,105,106)(H,107,108);7-11H,3-6H2,1-2H3,(H,16,17)/b37-25+;12-11+/t38-,39-,40-,48+,49+,50-,51+,52+,53+,54+,55-,65?,66+;/m1./s1. The molecule has 742 valence electrons. The van der Waals surface area contributed by atoms with Crippen LogP contribution in [0.3, 0.4) is 0 Å². The first kappa shape index (κ1) is 112. The van der Waals surface area contributed by atoms with Gasteiger partial charge in [-0.15, -0.1) is 0 Å². The molecule has 45 nitrogen and oxygen atoms in total. The maximum Gasteiger partial charge on any atom is 0.329 e. The number of ether oxygens (including phenoxy) is 1. The van der Waals surface area contributed by atoms with E-state index in [4.69, 9.17) is 27.0 Å². The van der Waals surface area contributed by atoms with Gasteiger partial charge < -0.3 is 127 Å². The summed E-state index contributed by atoms with van der Waals surface area (Å²) in [6.45, 7) is 6.77. The summed E-state index contributed by atoms with van der Waals surface area (Å²) < 4.78 is 5.69. The van der Waals surface area contributed by atoms with E-state index in [1.165, 1.54) is 61.2 Å². The molecule has 0 bridgehead atoms. The van der Waals surface area contributed by atoms with Crippen LogP contribution in [-0.2, 0) is 120 Å². The highest BCUT2D eigenvalue weighted by atomic mass is 16.5. The zero-order valence-electron chi connectivity index (χ0n) is 76.7. The van der Waals surface area contributed by atoms with E-state index in [9.17, 15) is 126 Å². The fraction of sp³-hybridized carbons (Fsp3) is 0.446. The number of carboxylic acid groups (broad SMARTS) is 5. The van der Waals surface area contributed by atoms with E-state index in [2.05, 4.69) is 84.1 Å². The number of benzene rings is 4. The largest absolute Gasteiger partial charge is 0.481 e. The van der Waals surface area contributed by atoms with Gasteiger partial charge in [-0.2, -0.15) is 0 Å². The maximum absolute atomic E-state index is 14.9. The van der Waals surface area contributed by atoms with Crippen LogP contribution in [0.5, 0.6) is 0 Å². The summed E-state index contributed by atoms with van der Waals surface area (Å²) in [6.07, 6.45) is 2.66. The molecule has 6 rings (SSSR count). The number of fused-ring (bicyclic) bond motifs is 1. The van der Waals surface area contributed by atoms with Gasteiger partial charge in [0.25, 0.3) is 0 Å². The molecule has 4 aromatic carbocycles. The van der Waals surface area contributed by atoms with E-state index in [0.29, 0.717) is 27.6 Å². The fourth-order valence-electron chi connectivity index (χ4n) is 14.0. The zero-order valence-corrected chi connectivity index (χ0v) is 76.7. The Morgan fingerprint density at radius 3 is 1.55 bits per heavy atom. The number of hydrogen-bond donors (Lipinski definition) is 23. The van der Waals surface area contributed by atoms with Gasteiger partial charge in [-0.05, 0) is 136 Å². The first-order valence-electron chi connectivity index (χ1n) is 44.1. The van der Waals surface area contributed by atoms with Crippen molar-refractivity contribution >= 4 is 152 Å². The summed E-state index contributed by atoms with van der Waals surface area (Å²) in [5.41, 5.74) is 23.4. The Morgan fingerprint density at radius 1 is 0.511 bits per heavy atom. The highest BCUT2D eigenvalue weighted by Crippen LogP contribution is 2.24. The number of nitrogen functional groups attached to an aromatic ring is 1. The molecule has 5 aromatic rings. The Balaban J connectivity index is 0.00000175. The fourth-order valence-corrected chi connectivity index (χ4v) is 14.0. The van der Waals surface area contributed by atoms with Crippen LogP contribution < -0.4 is 86.3 Å². The van der Waals surface area contributed by atoms with Crippen molar-refractivity contribution in [1.82, 2.24) is 74.1 Å². The summed E-state index contributed by atoms with van der Waals surface area (Å²) in [7, 11) is 0. The van der Waals surface area contributed by atoms with E-state index in [1.54, 1.807) is 37.4 Å². The van der Waals surface area contributed by atoms with Crippen LogP contribution in [0, 0.1) is 5.92 Å². The van der Waals surface area contributed by atoms with Crippen LogP contribution in [0.25, 0.3) is 22.0 Å². The average Bonchev–Trinajstić information content (AvgIpc) is 1.70. The molecule has 14 amide bonds. The Morgan fingerprint density at radius 2 is 1.01 bits per heavy atom. The van der Waals surface area contributed by atoms with E-state index in [0.717, 1.165) is 69.6 Å². The van der Waals surface area contributed by atoms with Crippen molar-refractivity contribution in [3.05, 3.63) is 149 Å². The minimum atomic E-state index is -2.47. The van der Waals surface area contributed by atoms with Crippen LogP contribution in [-0.4, -0.2) is 259 Å². The number of amides is 14. The van der Waals surface area contributed by atoms with E-state index in [-0.39, 0.29) is 30.6 Å². The molecule has 1 aliphatic rings. The number of aliphatic hydroxyl groups excluding tert-OH is 1. The van der Waals surface area contributed by atoms with Crippen LogP contribution in [0.15, 0.2) is 115 Å². The minimum Gasteiger partial charge on any atom is -0.481 e. The van der Waals surface area contributed by atoms with Gasteiger partial charge in [-0.1, -0.05) is 125 Å².